The number of aryl methyl sites for hydroxylation is 1. The molecule has 0 bridgehead atoms. The number of methoxy groups -OCH3 is 1. The third kappa shape index (κ3) is 4.11. The summed E-state index contributed by atoms with van der Waals surface area (Å²) in [6, 6.07) is 7.10. The fourth-order valence-electron chi connectivity index (χ4n) is 3.21. The van der Waals surface area contributed by atoms with Crippen LogP contribution in [0.4, 0.5) is 0 Å². The van der Waals surface area contributed by atoms with E-state index < -0.39 is 5.97 Å². The van der Waals surface area contributed by atoms with Gasteiger partial charge in [0.25, 0.3) is 0 Å². The van der Waals surface area contributed by atoms with E-state index in [1.54, 1.807) is 25.3 Å². The largest absolute Gasteiger partial charge is 0.478 e. The van der Waals surface area contributed by atoms with E-state index in [0.29, 0.717) is 12.2 Å². The van der Waals surface area contributed by atoms with E-state index in [4.69, 9.17) is 4.74 Å². The summed E-state index contributed by atoms with van der Waals surface area (Å²) in [5.41, 5.74) is 2.43. The van der Waals surface area contributed by atoms with Crippen LogP contribution in [0.1, 0.15) is 53.3 Å². The highest BCUT2D eigenvalue weighted by Crippen LogP contribution is 2.34. The van der Waals surface area contributed by atoms with E-state index in [-0.39, 0.29) is 5.92 Å². The third-order valence-electron chi connectivity index (χ3n) is 4.45. The highest BCUT2D eigenvalue weighted by atomic mass is 16.5. The summed E-state index contributed by atoms with van der Waals surface area (Å²) in [4.78, 5) is 11.2. The molecule has 1 atom stereocenters. The molecule has 1 aromatic heterocycles. The van der Waals surface area contributed by atoms with Gasteiger partial charge in [0, 0.05) is 26.2 Å². The molecule has 7 heteroatoms. The second-order valence-corrected chi connectivity index (χ2v) is 6.18. The Morgan fingerprint density at radius 1 is 1.44 bits per heavy atom. The summed E-state index contributed by atoms with van der Waals surface area (Å²) in [5, 5.41) is 21.3. The fraction of sp³-hybridized carbons (Fsp3) is 0.444. The molecule has 1 N–H and O–H groups in total. The van der Waals surface area contributed by atoms with Crippen molar-refractivity contribution in [2.24, 2.45) is 0 Å². The second-order valence-electron chi connectivity index (χ2n) is 6.18. The summed E-state index contributed by atoms with van der Waals surface area (Å²) < 4.78 is 6.93. The molecule has 1 unspecified atom stereocenters. The van der Waals surface area contributed by atoms with Gasteiger partial charge in [0.1, 0.15) is 0 Å². The Kier molecular flexibility index (Phi) is 5.55. The lowest BCUT2D eigenvalue weighted by Gasteiger charge is -2.21. The van der Waals surface area contributed by atoms with Crippen molar-refractivity contribution >= 4 is 11.5 Å². The van der Waals surface area contributed by atoms with Crippen molar-refractivity contribution in [3.05, 3.63) is 47.3 Å². The zero-order valence-corrected chi connectivity index (χ0v) is 14.3. The Hall–Kier alpha value is -2.54. The summed E-state index contributed by atoms with van der Waals surface area (Å²) in [5.74, 6) is 0.106. The standard InChI is InChI=1S/C18H22N4O3/c1-25-10-4-9-22-17(19-20-21-22)15-7-2-5-13(11-15)14-6-3-8-16(12-14)18(23)24/h3,6,8,11-12,15H,2,4-5,7,9-10H2,1H3,(H,23,24). The van der Waals surface area contributed by atoms with Crippen LogP contribution < -0.4 is 0 Å². The number of carboxylic acid groups (broad SMARTS) is 1. The number of allylic oxidation sites excluding steroid dienone is 2. The van der Waals surface area contributed by atoms with Crippen LogP contribution in [0.15, 0.2) is 30.3 Å². The van der Waals surface area contributed by atoms with Crippen LogP contribution in [0.2, 0.25) is 0 Å². The number of aromatic nitrogens is 4. The van der Waals surface area contributed by atoms with Gasteiger partial charge in [-0.05, 0) is 59.4 Å². The van der Waals surface area contributed by atoms with Crippen molar-refractivity contribution in [3.8, 4) is 0 Å². The topological polar surface area (TPSA) is 90.1 Å². The van der Waals surface area contributed by atoms with Crippen molar-refractivity contribution in [3.63, 3.8) is 0 Å². The van der Waals surface area contributed by atoms with Gasteiger partial charge in [0.05, 0.1) is 5.56 Å². The predicted octanol–water partition coefficient (Wildman–Crippen LogP) is 2.76. The average Bonchev–Trinajstić information content (AvgIpc) is 3.11. The molecule has 0 amide bonds. The van der Waals surface area contributed by atoms with Crippen LogP contribution in [-0.2, 0) is 11.3 Å². The van der Waals surface area contributed by atoms with Crippen LogP contribution >= 0.6 is 0 Å². The van der Waals surface area contributed by atoms with E-state index in [2.05, 4.69) is 21.6 Å². The normalized spacial score (nSPS) is 17.3. The Bertz CT molecular complexity index is 769. The first-order valence-electron chi connectivity index (χ1n) is 8.48. The molecule has 0 radical (unpaired) electrons. The number of rotatable bonds is 7. The highest BCUT2D eigenvalue weighted by molar-refractivity contribution is 5.89. The molecule has 7 nitrogen and oxygen atoms in total. The quantitative estimate of drug-likeness (QED) is 0.778. The SMILES string of the molecule is COCCCn1nnnc1C1C=C(c2cccc(C(=O)O)c2)CCC1. The minimum absolute atomic E-state index is 0.148. The first-order chi connectivity index (χ1) is 12.2. The predicted molar refractivity (Wildman–Crippen MR) is 92.3 cm³/mol. The van der Waals surface area contributed by atoms with Gasteiger partial charge in [-0.2, -0.15) is 0 Å². The van der Waals surface area contributed by atoms with E-state index in [9.17, 15) is 9.90 Å². The van der Waals surface area contributed by atoms with E-state index in [1.165, 1.54) is 0 Å². The number of ether oxygens (including phenoxy) is 1. The minimum atomic E-state index is -0.906. The van der Waals surface area contributed by atoms with Gasteiger partial charge in [-0.1, -0.05) is 18.2 Å². The van der Waals surface area contributed by atoms with Gasteiger partial charge in [-0.3, -0.25) is 0 Å². The number of tetrazole rings is 1. The summed E-state index contributed by atoms with van der Waals surface area (Å²) in [6.07, 6.45) is 6.00. The second kappa shape index (κ2) is 8.02. The molecule has 3 rings (SSSR count). The van der Waals surface area contributed by atoms with Crippen molar-refractivity contribution in [2.75, 3.05) is 13.7 Å². The zero-order valence-electron chi connectivity index (χ0n) is 14.3. The molecule has 1 aromatic carbocycles. The Balaban J connectivity index is 1.83. The maximum atomic E-state index is 11.2. The fourth-order valence-corrected chi connectivity index (χ4v) is 3.21. The van der Waals surface area contributed by atoms with Crippen LogP contribution in [0.3, 0.4) is 0 Å². The summed E-state index contributed by atoms with van der Waals surface area (Å²) in [6.45, 7) is 1.40. The molecule has 0 saturated heterocycles. The maximum Gasteiger partial charge on any atom is 0.335 e. The van der Waals surface area contributed by atoms with Crippen LogP contribution in [-0.4, -0.2) is 45.0 Å². The molecule has 25 heavy (non-hydrogen) atoms. The number of nitrogens with zero attached hydrogens (tertiary/aromatic N) is 4. The smallest absolute Gasteiger partial charge is 0.335 e. The summed E-state index contributed by atoms with van der Waals surface area (Å²) >= 11 is 0. The molecule has 132 valence electrons. The molecule has 1 aliphatic rings. The van der Waals surface area contributed by atoms with Gasteiger partial charge in [0.2, 0.25) is 0 Å². The lowest BCUT2D eigenvalue weighted by atomic mass is 9.86. The van der Waals surface area contributed by atoms with Gasteiger partial charge >= 0.3 is 5.97 Å². The Labute approximate surface area is 146 Å². The van der Waals surface area contributed by atoms with Gasteiger partial charge in [0.15, 0.2) is 5.82 Å². The minimum Gasteiger partial charge on any atom is -0.478 e. The van der Waals surface area contributed by atoms with Crippen LogP contribution in [0, 0.1) is 0 Å². The average molecular weight is 342 g/mol. The first-order valence-corrected chi connectivity index (χ1v) is 8.48. The van der Waals surface area contributed by atoms with Crippen molar-refractivity contribution < 1.29 is 14.6 Å². The Morgan fingerprint density at radius 2 is 2.32 bits per heavy atom. The molecular weight excluding hydrogens is 320 g/mol. The number of carbonyl (C=O) groups is 1. The molecule has 1 heterocycles. The Morgan fingerprint density at radius 3 is 3.12 bits per heavy atom. The highest BCUT2D eigenvalue weighted by Gasteiger charge is 2.22. The molecule has 0 saturated carbocycles. The summed E-state index contributed by atoms with van der Waals surface area (Å²) in [7, 11) is 1.68. The van der Waals surface area contributed by atoms with E-state index >= 15 is 0 Å². The zero-order chi connectivity index (χ0) is 17.6. The lowest BCUT2D eigenvalue weighted by Crippen LogP contribution is -2.13. The molecule has 0 fully saturated rings. The lowest BCUT2D eigenvalue weighted by molar-refractivity contribution is 0.0697. The van der Waals surface area contributed by atoms with Crippen molar-refractivity contribution in [1.29, 1.82) is 0 Å². The molecule has 2 aromatic rings. The van der Waals surface area contributed by atoms with Crippen LogP contribution in [0.5, 0.6) is 0 Å². The molecular formula is C18H22N4O3. The van der Waals surface area contributed by atoms with Crippen molar-refractivity contribution in [2.45, 2.75) is 38.1 Å². The van der Waals surface area contributed by atoms with Crippen LogP contribution in [0.25, 0.3) is 5.57 Å². The van der Waals surface area contributed by atoms with Gasteiger partial charge in [-0.15, -0.1) is 5.10 Å². The van der Waals surface area contributed by atoms with E-state index in [1.807, 2.05) is 10.7 Å². The molecule has 0 spiro atoms. The van der Waals surface area contributed by atoms with Crippen molar-refractivity contribution in [1.82, 2.24) is 20.2 Å². The molecule has 0 aliphatic heterocycles. The first kappa shape index (κ1) is 17.3. The number of hydrogen-bond acceptors (Lipinski definition) is 5. The number of carboxylic acids is 1. The van der Waals surface area contributed by atoms with Gasteiger partial charge < -0.3 is 9.84 Å². The number of aromatic carboxylic acids is 1. The maximum absolute atomic E-state index is 11.2. The third-order valence-corrected chi connectivity index (χ3v) is 4.45. The molecule has 1 aliphatic carbocycles. The van der Waals surface area contributed by atoms with E-state index in [0.717, 1.165) is 49.2 Å². The number of hydrogen-bond donors (Lipinski definition) is 1. The monoisotopic (exact) mass is 342 g/mol. The number of benzene rings is 1. The van der Waals surface area contributed by atoms with Gasteiger partial charge in [-0.25, -0.2) is 9.48 Å².